The third kappa shape index (κ3) is 5.72. The van der Waals surface area contributed by atoms with Gasteiger partial charge in [0.2, 0.25) is 0 Å². The summed E-state index contributed by atoms with van der Waals surface area (Å²) in [5.74, 6) is -0.545. The fourth-order valence-electron chi connectivity index (χ4n) is 5.65. The van der Waals surface area contributed by atoms with Crippen molar-refractivity contribution >= 4 is 35.1 Å². The van der Waals surface area contributed by atoms with Crippen LogP contribution in [0.3, 0.4) is 0 Å². The summed E-state index contributed by atoms with van der Waals surface area (Å²) in [4.78, 5) is 44.6. The molecule has 208 valence electrons. The topological polar surface area (TPSA) is 106 Å². The molecular weight excluding hydrogens is 502 g/mol. The highest BCUT2D eigenvalue weighted by Crippen LogP contribution is 2.35. The molecule has 4 N–H and O–H groups in total. The van der Waals surface area contributed by atoms with E-state index in [-0.39, 0.29) is 23.8 Å². The molecule has 3 aromatic rings. The van der Waals surface area contributed by atoms with Crippen LogP contribution in [-0.2, 0) is 4.79 Å². The first-order valence-electron chi connectivity index (χ1n) is 14.1. The van der Waals surface area contributed by atoms with Gasteiger partial charge in [-0.05, 0) is 75.5 Å². The SMILES string of the molecule is CC[C@@H](NC(=O)c1ccc2c(c1)NC(=O)/C2=C\c1[nH]c(C)c(C(=O)NCCN2CCCC2)c1C)c1ccccc1. The number of aromatic nitrogens is 1. The molecule has 2 aliphatic heterocycles. The summed E-state index contributed by atoms with van der Waals surface area (Å²) in [7, 11) is 0. The second-order valence-corrected chi connectivity index (χ2v) is 10.6. The van der Waals surface area contributed by atoms with E-state index in [1.54, 1.807) is 24.3 Å². The molecule has 0 unspecified atom stereocenters. The van der Waals surface area contributed by atoms with E-state index in [1.165, 1.54) is 12.8 Å². The summed E-state index contributed by atoms with van der Waals surface area (Å²) >= 11 is 0. The molecule has 3 amide bonds. The van der Waals surface area contributed by atoms with Gasteiger partial charge in [0.15, 0.2) is 0 Å². The zero-order valence-corrected chi connectivity index (χ0v) is 23.4. The Morgan fingerprint density at radius 1 is 1.05 bits per heavy atom. The predicted molar refractivity (Wildman–Crippen MR) is 158 cm³/mol. The van der Waals surface area contributed by atoms with Gasteiger partial charge in [-0.3, -0.25) is 14.4 Å². The summed E-state index contributed by atoms with van der Waals surface area (Å²) in [6, 6.07) is 15.0. The lowest BCUT2D eigenvalue weighted by atomic mass is 10.0. The molecule has 0 radical (unpaired) electrons. The minimum Gasteiger partial charge on any atom is -0.358 e. The van der Waals surface area contributed by atoms with Gasteiger partial charge >= 0.3 is 0 Å². The predicted octanol–water partition coefficient (Wildman–Crippen LogP) is 4.83. The van der Waals surface area contributed by atoms with Crippen LogP contribution < -0.4 is 16.0 Å². The second kappa shape index (κ2) is 11.9. The first kappa shape index (κ1) is 27.4. The summed E-state index contributed by atoms with van der Waals surface area (Å²) < 4.78 is 0. The Balaban J connectivity index is 1.31. The molecule has 8 heteroatoms. The van der Waals surface area contributed by atoms with Crippen molar-refractivity contribution in [3.63, 3.8) is 0 Å². The van der Waals surface area contributed by atoms with E-state index in [1.807, 2.05) is 51.1 Å². The first-order chi connectivity index (χ1) is 19.4. The zero-order valence-electron chi connectivity index (χ0n) is 23.4. The number of carbonyl (C=O) groups is 3. The maximum absolute atomic E-state index is 13.1. The van der Waals surface area contributed by atoms with Crippen molar-refractivity contribution in [1.29, 1.82) is 0 Å². The smallest absolute Gasteiger partial charge is 0.256 e. The molecule has 3 heterocycles. The highest BCUT2D eigenvalue weighted by molar-refractivity contribution is 6.35. The Labute approximate surface area is 235 Å². The number of nitrogens with zero attached hydrogens (tertiary/aromatic N) is 1. The highest BCUT2D eigenvalue weighted by Gasteiger charge is 2.27. The quantitative estimate of drug-likeness (QED) is 0.292. The number of hydrogen-bond donors (Lipinski definition) is 4. The number of aryl methyl sites for hydroxylation is 1. The Hall–Kier alpha value is -4.17. The summed E-state index contributed by atoms with van der Waals surface area (Å²) in [6.45, 7) is 9.45. The van der Waals surface area contributed by atoms with E-state index in [2.05, 4.69) is 25.8 Å². The number of nitrogens with one attached hydrogen (secondary N) is 4. The van der Waals surface area contributed by atoms with Crippen molar-refractivity contribution in [2.24, 2.45) is 0 Å². The number of anilines is 1. The molecular formula is C32H37N5O3. The monoisotopic (exact) mass is 539 g/mol. The molecule has 1 aromatic heterocycles. The van der Waals surface area contributed by atoms with Crippen molar-refractivity contribution < 1.29 is 14.4 Å². The fourth-order valence-corrected chi connectivity index (χ4v) is 5.65. The van der Waals surface area contributed by atoms with Gasteiger partial charge < -0.3 is 25.8 Å². The van der Waals surface area contributed by atoms with Crippen molar-refractivity contribution in [1.82, 2.24) is 20.5 Å². The molecule has 1 atom stereocenters. The Kier molecular flexibility index (Phi) is 8.16. The van der Waals surface area contributed by atoms with E-state index in [4.69, 9.17) is 0 Å². The van der Waals surface area contributed by atoms with Crippen LogP contribution in [0.15, 0.2) is 48.5 Å². The number of carbonyl (C=O) groups excluding carboxylic acids is 3. The Bertz CT molecular complexity index is 1450. The molecule has 1 fully saturated rings. The largest absolute Gasteiger partial charge is 0.358 e. The van der Waals surface area contributed by atoms with Gasteiger partial charge in [-0.2, -0.15) is 0 Å². The normalized spacial score (nSPS) is 16.6. The molecule has 5 rings (SSSR count). The lowest BCUT2D eigenvalue weighted by molar-refractivity contribution is -0.110. The molecule has 0 saturated carbocycles. The zero-order chi connectivity index (χ0) is 28.2. The van der Waals surface area contributed by atoms with Crippen LogP contribution in [-0.4, -0.2) is 53.8 Å². The third-order valence-corrected chi connectivity index (χ3v) is 7.88. The van der Waals surface area contributed by atoms with Crippen molar-refractivity contribution in [3.05, 3.63) is 87.7 Å². The molecule has 2 aromatic carbocycles. The summed E-state index contributed by atoms with van der Waals surface area (Å²) in [5.41, 5.74) is 6.23. The van der Waals surface area contributed by atoms with E-state index in [0.717, 1.165) is 54.1 Å². The first-order valence-corrected chi connectivity index (χ1v) is 14.1. The number of rotatable bonds is 9. The molecule has 8 nitrogen and oxygen atoms in total. The summed E-state index contributed by atoms with van der Waals surface area (Å²) in [5, 5.41) is 9.04. The number of likely N-dealkylation sites (tertiary alicyclic amines) is 1. The molecule has 2 aliphatic rings. The van der Waals surface area contributed by atoms with Gasteiger partial charge in [0.1, 0.15) is 0 Å². The fraction of sp³-hybridized carbons (Fsp3) is 0.344. The lowest BCUT2D eigenvalue weighted by Crippen LogP contribution is -2.33. The van der Waals surface area contributed by atoms with Gasteiger partial charge in [-0.1, -0.05) is 43.3 Å². The summed E-state index contributed by atoms with van der Waals surface area (Å²) in [6.07, 6.45) is 4.99. The number of amides is 3. The molecule has 0 bridgehead atoms. The van der Waals surface area contributed by atoms with Gasteiger partial charge in [0.25, 0.3) is 17.7 Å². The van der Waals surface area contributed by atoms with Crippen LogP contribution >= 0.6 is 0 Å². The average molecular weight is 540 g/mol. The standard InChI is InChI=1S/C32H37N5O3/c1-4-26(22-10-6-5-7-11-22)35-30(38)23-12-13-24-25(31(39)36-28(24)18-23)19-27-20(2)29(21(3)34-27)32(40)33-14-17-37-15-8-9-16-37/h5-7,10-13,18-19,26,34H,4,8-9,14-17H2,1-3H3,(H,33,40)(H,35,38)(H,36,39)/b25-19-/t26-/m1/s1. The molecule has 0 spiro atoms. The lowest BCUT2D eigenvalue weighted by Gasteiger charge is -2.17. The van der Waals surface area contributed by atoms with E-state index in [9.17, 15) is 14.4 Å². The Morgan fingerprint density at radius 3 is 2.52 bits per heavy atom. The minimum atomic E-state index is -0.244. The maximum Gasteiger partial charge on any atom is 0.256 e. The van der Waals surface area contributed by atoms with Crippen LogP contribution in [0.5, 0.6) is 0 Å². The van der Waals surface area contributed by atoms with Gasteiger partial charge in [-0.15, -0.1) is 0 Å². The highest BCUT2D eigenvalue weighted by atomic mass is 16.2. The van der Waals surface area contributed by atoms with Gasteiger partial charge in [0, 0.05) is 41.3 Å². The van der Waals surface area contributed by atoms with Crippen LogP contribution in [0.2, 0.25) is 0 Å². The molecule has 1 saturated heterocycles. The number of benzene rings is 2. The van der Waals surface area contributed by atoms with Crippen LogP contribution in [0.25, 0.3) is 11.6 Å². The Morgan fingerprint density at radius 2 is 1.80 bits per heavy atom. The maximum atomic E-state index is 13.1. The van der Waals surface area contributed by atoms with Crippen molar-refractivity contribution in [2.45, 2.75) is 46.1 Å². The average Bonchev–Trinajstić information content (AvgIpc) is 3.65. The minimum absolute atomic E-state index is 0.0993. The van der Waals surface area contributed by atoms with Crippen LogP contribution in [0, 0.1) is 13.8 Å². The van der Waals surface area contributed by atoms with Crippen molar-refractivity contribution in [3.8, 4) is 0 Å². The number of H-pyrrole nitrogens is 1. The number of aromatic amines is 1. The van der Waals surface area contributed by atoms with E-state index in [0.29, 0.717) is 28.9 Å². The third-order valence-electron chi connectivity index (χ3n) is 7.88. The van der Waals surface area contributed by atoms with Gasteiger partial charge in [-0.25, -0.2) is 0 Å². The van der Waals surface area contributed by atoms with Crippen molar-refractivity contribution in [2.75, 3.05) is 31.5 Å². The number of fused-ring (bicyclic) bond motifs is 1. The van der Waals surface area contributed by atoms with E-state index < -0.39 is 0 Å². The van der Waals surface area contributed by atoms with Gasteiger partial charge in [0.05, 0.1) is 17.2 Å². The number of hydrogen-bond acceptors (Lipinski definition) is 4. The molecule has 40 heavy (non-hydrogen) atoms. The second-order valence-electron chi connectivity index (χ2n) is 10.6. The van der Waals surface area contributed by atoms with Crippen LogP contribution in [0.1, 0.15) is 81.0 Å². The van der Waals surface area contributed by atoms with E-state index >= 15 is 0 Å². The molecule has 0 aliphatic carbocycles. The van der Waals surface area contributed by atoms with Crippen LogP contribution in [0.4, 0.5) is 5.69 Å².